The summed E-state index contributed by atoms with van der Waals surface area (Å²) in [5, 5.41) is 3.33. The summed E-state index contributed by atoms with van der Waals surface area (Å²) >= 11 is 0. The number of para-hydroxylation sites is 1. The summed E-state index contributed by atoms with van der Waals surface area (Å²) in [7, 11) is 0. The van der Waals surface area contributed by atoms with Crippen molar-refractivity contribution in [3.63, 3.8) is 0 Å². The third-order valence-electron chi connectivity index (χ3n) is 3.36. The van der Waals surface area contributed by atoms with Gasteiger partial charge in [-0.3, -0.25) is 0 Å². The molecule has 0 amide bonds. The topological polar surface area (TPSA) is 39.1 Å². The number of nitrogens with zero attached hydrogens (tertiary/aromatic N) is 2. The standard InChI is InChI=1S/C15H19N3O/c1-2-7-16-15-17-8-9-18(15)11-13-10-12-5-3-4-6-14(12)19-13/h3-6,8-9,13H,2,7,10-11H2,1H3,(H,16,17). The van der Waals surface area contributed by atoms with Crippen LogP contribution in [-0.4, -0.2) is 22.2 Å². The molecular formula is C15H19N3O. The molecule has 1 aromatic carbocycles. The predicted molar refractivity (Wildman–Crippen MR) is 75.6 cm³/mol. The van der Waals surface area contributed by atoms with Crippen molar-refractivity contribution in [2.75, 3.05) is 11.9 Å². The van der Waals surface area contributed by atoms with E-state index in [4.69, 9.17) is 4.74 Å². The molecule has 1 atom stereocenters. The fourth-order valence-corrected chi connectivity index (χ4v) is 2.44. The van der Waals surface area contributed by atoms with E-state index >= 15 is 0 Å². The van der Waals surface area contributed by atoms with E-state index in [0.29, 0.717) is 0 Å². The number of anilines is 1. The van der Waals surface area contributed by atoms with Gasteiger partial charge in [0.1, 0.15) is 11.9 Å². The van der Waals surface area contributed by atoms with Gasteiger partial charge in [-0.25, -0.2) is 4.98 Å². The first-order chi connectivity index (χ1) is 9.36. The largest absolute Gasteiger partial charge is 0.488 e. The van der Waals surface area contributed by atoms with E-state index in [1.54, 1.807) is 0 Å². The molecule has 1 aliphatic heterocycles. The van der Waals surface area contributed by atoms with Gasteiger partial charge in [0.25, 0.3) is 0 Å². The molecule has 1 unspecified atom stereocenters. The summed E-state index contributed by atoms with van der Waals surface area (Å²) in [5.74, 6) is 1.96. The van der Waals surface area contributed by atoms with Crippen LogP contribution in [0, 0.1) is 0 Å². The number of ether oxygens (including phenoxy) is 1. The number of imidazole rings is 1. The molecule has 4 nitrogen and oxygen atoms in total. The fraction of sp³-hybridized carbons (Fsp3) is 0.400. The molecule has 0 saturated carbocycles. The molecule has 0 radical (unpaired) electrons. The molecule has 19 heavy (non-hydrogen) atoms. The number of fused-ring (bicyclic) bond motifs is 1. The Morgan fingerprint density at radius 3 is 3.16 bits per heavy atom. The van der Waals surface area contributed by atoms with Crippen molar-refractivity contribution in [2.24, 2.45) is 0 Å². The number of rotatable bonds is 5. The predicted octanol–water partition coefficient (Wildman–Crippen LogP) is 2.71. The van der Waals surface area contributed by atoms with Crippen LogP contribution < -0.4 is 10.1 Å². The van der Waals surface area contributed by atoms with Crippen LogP contribution in [0.4, 0.5) is 5.95 Å². The number of hydrogen-bond acceptors (Lipinski definition) is 3. The minimum Gasteiger partial charge on any atom is -0.488 e. The van der Waals surface area contributed by atoms with Gasteiger partial charge in [0.05, 0.1) is 6.54 Å². The van der Waals surface area contributed by atoms with Gasteiger partial charge in [0, 0.05) is 25.4 Å². The highest BCUT2D eigenvalue weighted by Gasteiger charge is 2.23. The Hall–Kier alpha value is -1.97. The molecule has 4 heteroatoms. The molecule has 1 aromatic heterocycles. The second-order valence-corrected chi connectivity index (χ2v) is 4.88. The summed E-state index contributed by atoms with van der Waals surface area (Å²) < 4.78 is 8.09. The average Bonchev–Trinajstić information content (AvgIpc) is 3.02. The van der Waals surface area contributed by atoms with E-state index in [2.05, 4.69) is 33.9 Å². The molecule has 0 aliphatic carbocycles. The molecule has 1 N–H and O–H groups in total. The van der Waals surface area contributed by atoms with Crippen LogP contribution in [0.15, 0.2) is 36.7 Å². The number of nitrogens with one attached hydrogen (secondary N) is 1. The van der Waals surface area contributed by atoms with Crippen molar-refractivity contribution >= 4 is 5.95 Å². The molecule has 2 aromatic rings. The molecule has 1 aliphatic rings. The number of hydrogen-bond donors (Lipinski definition) is 1. The van der Waals surface area contributed by atoms with Crippen LogP contribution in [0.2, 0.25) is 0 Å². The van der Waals surface area contributed by atoms with Crippen molar-refractivity contribution in [1.29, 1.82) is 0 Å². The minimum absolute atomic E-state index is 0.203. The molecule has 3 rings (SSSR count). The Labute approximate surface area is 113 Å². The smallest absolute Gasteiger partial charge is 0.202 e. The van der Waals surface area contributed by atoms with Gasteiger partial charge >= 0.3 is 0 Å². The van der Waals surface area contributed by atoms with Gasteiger partial charge in [-0.15, -0.1) is 0 Å². The summed E-state index contributed by atoms with van der Waals surface area (Å²) in [6.07, 6.45) is 6.11. The van der Waals surface area contributed by atoms with Crippen molar-refractivity contribution in [1.82, 2.24) is 9.55 Å². The fourth-order valence-electron chi connectivity index (χ4n) is 2.44. The van der Waals surface area contributed by atoms with Crippen LogP contribution in [-0.2, 0) is 13.0 Å². The zero-order valence-corrected chi connectivity index (χ0v) is 11.2. The summed E-state index contributed by atoms with van der Waals surface area (Å²) in [5.41, 5.74) is 1.30. The van der Waals surface area contributed by atoms with Gasteiger partial charge in [0.2, 0.25) is 5.95 Å². The molecular weight excluding hydrogens is 238 g/mol. The lowest BCUT2D eigenvalue weighted by molar-refractivity contribution is 0.210. The summed E-state index contributed by atoms with van der Waals surface area (Å²) in [6, 6.07) is 8.27. The average molecular weight is 257 g/mol. The first-order valence-corrected chi connectivity index (χ1v) is 6.86. The summed E-state index contributed by atoms with van der Waals surface area (Å²) in [4.78, 5) is 4.34. The Morgan fingerprint density at radius 1 is 1.42 bits per heavy atom. The highest BCUT2D eigenvalue weighted by atomic mass is 16.5. The first-order valence-electron chi connectivity index (χ1n) is 6.86. The van der Waals surface area contributed by atoms with E-state index in [1.165, 1.54) is 5.56 Å². The zero-order chi connectivity index (χ0) is 13.1. The lowest BCUT2D eigenvalue weighted by Crippen LogP contribution is -2.21. The maximum absolute atomic E-state index is 5.96. The SMILES string of the molecule is CCCNc1nccn1CC1Cc2ccccc2O1. The third-order valence-corrected chi connectivity index (χ3v) is 3.36. The molecule has 0 saturated heterocycles. The molecule has 100 valence electrons. The van der Waals surface area contributed by atoms with Crippen molar-refractivity contribution in [2.45, 2.75) is 32.4 Å². The van der Waals surface area contributed by atoms with Crippen molar-refractivity contribution in [3.8, 4) is 5.75 Å². The third kappa shape index (κ3) is 2.57. The van der Waals surface area contributed by atoms with Crippen LogP contribution >= 0.6 is 0 Å². The molecule has 0 fully saturated rings. The molecule has 0 bridgehead atoms. The van der Waals surface area contributed by atoms with E-state index in [9.17, 15) is 0 Å². The monoisotopic (exact) mass is 257 g/mol. The Kier molecular flexibility index (Phi) is 3.40. The van der Waals surface area contributed by atoms with Gasteiger partial charge in [0.15, 0.2) is 0 Å². The lowest BCUT2D eigenvalue weighted by atomic mass is 10.1. The lowest BCUT2D eigenvalue weighted by Gasteiger charge is -2.14. The van der Waals surface area contributed by atoms with Gasteiger partial charge in [-0.05, 0) is 18.1 Å². The Morgan fingerprint density at radius 2 is 2.32 bits per heavy atom. The molecule has 0 spiro atoms. The van der Waals surface area contributed by atoms with E-state index in [1.807, 2.05) is 24.5 Å². The normalized spacial score (nSPS) is 17.0. The van der Waals surface area contributed by atoms with Crippen LogP contribution in [0.25, 0.3) is 0 Å². The minimum atomic E-state index is 0.203. The van der Waals surface area contributed by atoms with Crippen LogP contribution in [0.3, 0.4) is 0 Å². The summed E-state index contributed by atoms with van der Waals surface area (Å²) in [6.45, 7) is 3.93. The van der Waals surface area contributed by atoms with E-state index in [-0.39, 0.29) is 6.10 Å². The van der Waals surface area contributed by atoms with Gasteiger partial charge in [-0.2, -0.15) is 0 Å². The zero-order valence-electron chi connectivity index (χ0n) is 11.2. The highest BCUT2D eigenvalue weighted by Crippen LogP contribution is 2.29. The van der Waals surface area contributed by atoms with Crippen LogP contribution in [0.5, 0.6) is 5.75 Å². The first kappa shape index (κ1) is 12.1. The van der Waals surface area contributed by atoms with E-state index in [0.717, 1.165) is 37.6 Å². The van der Waals surface area contributed by atoms with Gasteiger partial charge < -0.3 is 14.6 Å². The quantitative estimate of drug-likeness (QED) is 0.895. The van der Waals surface area contributed by atoms with Crippen molar-refractivity contribution in [3.05, 3.63) is 42.2 Å². The number of benzene rings is 1. The highest BCUT2D eigenvalue weighted by molar-refractivity contribution is 5.37. The maximum atomic E-state index is 5.96. The maximum Gasteiger partial charge on any atom is 0.202 e. The Bertz CT molecular complexity index is 525. The van der Waals surface area contributed by atoms with Crippen molar-refractivity contribution < 1.29 is 4.74 Å². The van der Waals surface area contributed by atoms with Gasteiger partial charge in [-0.1, -0.05) is 25.1 Å². The second-order valence-electron chi connectivity index (χ2n) is 4.88. The molecule has 2 heterocycles. The Balaban J connectivity index is 1.66. The second kappa shape index (κ2) is 5.34. The van der Waals surface area contributed by atoms with Crippen LogP contribution in [0.1, 0.15) is 18.9 Å². The number of aromatic nitrogens is 2. The van der Waals surface area contributed by atoms with E-state index < -0.39 is 0 Å².